The molecule has 0 radical (unpaired) electrons. The van der Waals surface area contributed by atoms with Gasteiger partial charge in [-0.25, -0.2) is 4.68 Å². The van der Waals surface area contributed by atoms with Crippen LogP contribution in [0.3, 0.4) is 0 Å². The summed E-state index contributed by atoms with van der Waals surface area (Å²) < 4.78 is 92.6. The van der Waals surface area contributed by atoms with Gasteiger partial charge in [0.25, 0.3) is 5.91 Å². The van der Waals surface area contributed by atoms with Crippen LogP contribution < -0.4 is 20.1 Å². The maximum Gasteiger partial charge on any atom is 0.418 e. The molecule has 0 unspecified atom stereocenters. The van der Waals surface area contributed by atoms with Crippen LogP contribution >= 0.6 is 0 Å². The van der Waals surface area contributed by atoms with Crippen LogP contribution in [0, 0.1) is 0 Å². The molecule has 0 aliphatic carbocycles. The maximum atomic E-state index is 13.9. The first-order valence-corrected chi connectivity index (χ1v) is 10.3. The summed E-state index contributed by atoms with van der Waals surface area (Å²) in [5, 5.41) is 8.79. The molecule has 1 amide bonds. The minimum absolute atomic E-state index is 0.00473. The van der Waals surface area contributed by atoms with Gasteiger partial charge in [-0.05, 0) is 29.8 Å². The Balaban J connectivity index is 1.45. The van der Waals surface area contributed by atoms with Gasteiger partial charge in [0.2, 0.25) is 6.79 Å². The van der Waals surface area contributed by atoms with E-state index < -0.39 is 53.7 Å². The molecule has 1 aromatic heterocycles. The van der Waals surface area contributed by atoms with Gasteiger partial charge >= 0.3 is 12.4 Å². The van der Waals surface area contributed by atoms with Gasteiger partial charge < -0.3 is 20.1 Å². The molecule has 2 aliphatic heterocycles. The van der Waals surface area contributed by atoms with Crippen LogP contribution in [0.1, 0.15) is 40.1 Å². The predicted molar refractivity (Wildman–Crippen MR) is 110 cm³/mol. The van der Waals surface area contributed by atoms with Gasteiger partial charge in [0.05, 0.1) is 17.3 Å². The fourth-order valence-corrected chi connectivity index (χ4v) is 4.06. The third-order valence-electron chi connectivity index (χ3n) is 5.70. The Labute approximate surface area is 193 Å². The second-order valence-electron chi connectivity index (χ2n) is 7.96. The van der Waals surface area contributed by atoms with Crippen molar-refractivity contribution in [1.29, 1.82) is 0 Å². The number of ether oxygens (including phenoxy) is 2. The second kappa shape index (κ2) is 8.10. The van der Waals surface area contributed by atoms with Crippen LogP contribution in [-0.2, 0) is 6.18 Å². The number of alkyl halides is 6. The van der Waals surface area contributed by atoms with E-state index in [9.17, 15) is 31.1 Å². The smallest absolute Gasteiger partial charge is 0.418 e. The summed E-state index contributed by atoms with van der Waals surface area (Å²) in [6.45, 7) is 0.00473. The standard InChI is InChI=1S/C22H16F6N4O3/c23-21(24,25)12-3-1-2-4-13(12)30-20(33)15-9-19-29-14(8-18(22(26,27)28)32(19)31-15)11-5-6-16-17(7-11)35-10-34-16/h1-7,9,14,18,29H,8,10H2,(H,30,33)/t14-,18-/m1/s1. The lowest BCUT2D eigenvalue weighted by Crippen LogP contribution is -2.35. The van der Waals surface area contributed by atoms with Gasteiger partial charge in [0.15, 0.2) is 23.2 Å². The Hall–Kier alpha value is -3.90. The number of nitrogens with one attached hydrogen (secondary N) is 2. The quantitative estimate of drug-likeness (QED) is 0.464. The average molecular weight is 498 g/mol. The summed E-state index contributed by atoms with van der Waals surface area (Å²) in [6, 6.07) is 7.23. The number of nitrogens with zero attached hydrogens (tertiary/aromatic N) is 2. The largest absolute Gasteiger partial charge is 0.454 e. The molecule has 3 aromatic rings. The molecule has 0 bridgehead atoms. The van der Waals surface area contributed by atoms with E-state index in [1.54, 1.807) is 18.2 Å². The number of halogens is 6. The highest BCUT2D eigenvalue weighted by molar-refractivity contribution is 6.03. The van der Waals surface area contributed by atoms with Crippen molar-refractivity contribution in [1.82, 2.24) is 9.78 Å². The first-order chi connectivity index (χ1) is 16.5. The van der Waals surface area contributed by atoms with Crippen LogP contribution in [0.2, 0.25) is 0 Å². The van der Waals surface area contributed by atoms with E-state index in [0.29, 0.717) is 21.7 Å². The molecule has 3 heterocycles. The molecule has 7 nitrogen and oxygen atoms in total. The summed E-state index contributed by atoms with van der Waals surface area (Å²) in [7, 11) is 0. The van der Waals surface area contributed by atoms with Crippen molar-refractivity contribution in [3.63, 3.8) is 0 Å². The summed E-state index contributed by atoms with van der Waals surface area (Å²) >= 11 is 0. The number of carbonyl (C=O) groups is 1. The van der Waals surface area contributed by atoms with E-state index in [0.717, 1.165) is 24.3 Å². The Kier molecular flexibility index (Phi) is 5.29. The number of benzene rings is 2. The SMILES string of the molecule is O=C(Nc1ccccc1C(F)(F)F)c1cc2n(n1)[C@@H](C(F)(F)F)C[C@H](c1ccc3c(c1)OCO3)N2. The van der Waals surface area contributed by atoms with Gasteiger partial charge in [-0.2, -0.15) is 31.4 Å². The third kappa shape index (κ3) is 4.33. The van der Waals surface area contributed by atoms with E-state index in [1.807, 2.05) is 0 Å². The number of amides is 1. The van der Waals surface area contributed by atoms with Gasteiger partial charge in [0.1, 0.15) is 5.82 Å². The van der Waals surface area contributed by atoms with Crippen molar-refractivity contribution in [2.24, 2.45) is 0 Å². The van der Waals surface area contributed by atoms with Gasteiger partial charge in [-0.15, -0.1) is 0 Å². The zero-order chi connectivity index (χ0) is 25.0. The van der Waals surface area contributed by atoms with Gasteiger partial charge in [-0.1, -0.05) is 18.2 Å². The van der Waals surface area contributed by atoms with E-state index in [1.165, 1.54) is 6.07 Å². The Morgan fingerprint density at radius 1 is 1.03 bits per heavy atom. The van der Waals surface area contributed by atoms with Crippen molar-refractivity contribution < 1.29 is 40.6 Å². The lowest BCUT2D eigenvalue weighted by atomic mass is 9.96. The number of anilines is 2. The lowest BCUT2D eigenvalue weighted by molar-refractivity contribution is -0.173. The molecule has 184 valence electrons. The summed E-state index contributed by atoms with van der Waals surface area (Å²) in [4.78, 5) is 12.7. The Bertz CT molecular complexity index is 1290. The van der Waals surface area contributed by atoms with Crippen molar-refractivity contribution in [2.45, 2.75) is 30.9 Å². The number of para-hydroxylation sites is 1. The van der Waals surface area contributed by atoms with Crippen molar-refractivity contribution in [3.8, 4) is 11.5 Å². The fourth-order valence-electron chi connectivity index (χ4n) is 4.06. The van der Waals surface area contributed by atoms with Gasteiger partial charge in [-0.3, -0.25) is 4.79 Å². The van der Waals surface area contributed by atoms with E-state index >= 15 is 0 Å². The lowest BCUT2D eigenvalue weighted by Gasteiger charge is -2.33. The fraction of sp³-hybridized carbons (Fsp3) is 0.273. The number of carbonyl (C=O) groups excluding carboxylic acids is 1. The molecule has 2 atom stereocenters. The van der Waals surface area contributed by atoms with Crippen LogP contribution in [0.4, 0.5) is 37.8 Å². The molecule has 0 saturated heterocycles. The predicted octanol–water partition coefficient (Wildman–Crippen LogP) is 5.54. The molecule has 0 fully saturated rings. The zero-order valence-corrected chi connectivity index (χ0v) is 17.6. The monoisotopic (exact) mass is 498 g/mol. The van der Waals surface area contributed by atoms with Crippen LogP contribution in [0.15, 0.2) is 48.5 Å². The zero-order valence-electron chi connectivity index (χ0n) is 17.6. The number of hydrogen-bond acceptors (Lipinski definition) is 5. The molecule has 13 heteroatoms. The van der Waals surface area contributed by atoms with E-state index in [4.69, 9.17) is 9.47 Å². The Morgan fingerprint density at radius 3 is 2.51 bits per heavy atom. The number of fused-ring (bicyclic) bond motifs is 2. The second-order valence-corrected chi connectivity index (χ2v) is 7.96. The molecular weight excluding hydrogens is 482 g/mol. The topological polar surface area (TPSA) is 77.4 Å². The normalized spacial score (nSPS) is 19.1. The molecule has 2 aromatic carbocycles. The van der Waals surface area contributed by atoms with E-state index in [2.05, 4.69) is 15.7 Å². The first kappa shape index (κ1) is 22.9. The van der Waals surface area contributed by atoms with Crippen LogP contribution in [0.25, 0.3) is 0 Å². The van der Waals surface area contributed by atoms with Crippen LogP contribution in [-0.4, -0.2) is 28.7 Å². The van der Waals surface area contributed by atoms with Crippen LogP contribution in [0.5, 0.6) is 11.5 Å². The maximum absolute atomic E-state index is 13.9. The minimum Gasteiger partial charge on any atom is -0.454 e. The summed E-state index contributed by atoms with van der Waals surface area (Å²) in [6.07, 6.45) is -9.87. The number of aromatic nitrogens is 2. The molecule has 35 heavy (non-hydrogen) atoms. The third-order valence-corrected chi connectivity index (χ3v) is 5.70. The molecule has 2 N–H and O–H groups in total. The van der Waals surface area contributed by atoms with Gasteiger partial charge in [0, 0.05) is 12.5 Å². The summed E-state index contributed by atoms with van der Waals surface area (Å²) in [5.41, 5.74) is -1.59. The highest BCUT2D eigenvalue weighted by Crippen LogP contribution is 2.45. The average Bonchev–Trinajstić information content (AvgIpc) is 3.43. The Morgan fingerprint density at radius 2 is 1.77 bits per heavy atom. The molecule has 0 saturated carbocycles. The highest BCUT2D eigenvalue weighted by Gasteiger charge is 2.47. The van der Waals surface area contributed by atoms with Crippen molar-refractivity contribution in [3.05, 3.63) is 65.4 Å². The first-order valence-electron chi connectivity index (χ1n) is 10.3. The molecule has 5 rings (SSSR count). The number of rotatable bonds is 3. The van der Waals surface area contributed by atoms with E-state index in [-0.39, 0.29) is 12.6 Å². The minimum atomic E-state index is -4.74. The molecule has 2 aliphatic rings. The highest BCUT2D eigenvalue weighted by atomic mass is 19.4. The van der Waals surface area contributed by atoms with Crippen molar-refractivity contribution in [2.75, 3.05) is 17.4 Å². The van der Waals surface area contributed by atoms with Crippen molar-refractivity contribution >= 4 is 17.4 Å². The molecular formula is C22H16F6N4O3. The molecule has 0 spiro atoms. The summed E-state index contributed by atoms with van der Waals surface area (Å²) in [5.74, 6) is -0.308. The number of hydrogen-bond donors (Lipinski definition) is 2.